The molecule has 0 radical (unpaired) electrons. The summed E-state index contributed by atoms with van der Waals surface area (Å²) >= 11 is 1.71. The van der Waals surface area contributed by atoms with Gasteiger partial charge in [0, 0.05) is 20.9 Å². The van der Waals surface area contributed by atoms with Gasteiger partial charge >= 0.3 is 6.18 Å². The highest BCUT2D eigenvalue weighted by Crippen LogP contribution is 2.35. The molecule has 2 rings (SSSR count). The van der Waals surface area contributed by atoms with Crippen molar-refractivity contribution >= 4 is 33.8 Å². The summed E-state index contributed by atoms with van der Waals surface area (Å²) < 4.78 is 40.4. The lowest BCUT2D eigenvalue weighted by molar-refractivity contribution is -0.138. The maximum atomic E-state index is 13.5. The number of halogens is 3. The van der Waals surface area contributed by atoms with Gasteiger partial charge in [-0.25, -0.2) is 0 Å². The molecule has 0 aliphatic rings. The first kappa shape index (κ1) is 23.6. The van der Waals surface area contributed by atoms with Crippen molar-refractivity contribution in [3.8, 4) is 11.8 Å². The van der Waals surface area contributed by atoms with Gasteiger partial charge < -0.3 is 0 Å². The van der Waals surface area contributed by atoms with Crippen molar-refractivity contribution in [1.29, 1.82) is 0 Å². The van der Waals surface area contributed by atoms with Gasteiger partial charge in [0.1, 0.15) is 0 Å². The normalized spacial score (nSPS) is 10.7. The smallest absolute Gasteiger partial charge is 0.282 e. The topological polar surface area (TPSA) is 34.1 Å². The molecule has 0 N–H and O–H groups in total. The maximum absolute atomic E-state index is 13.5. The monoisotopic (exact) mass is 446 g/mol. The van der Waals surface area contributed by atoms with E-state index < -0.39 is 16.9 Å². The Morgan fingerprint density at radius 2 is 1.33 bits per heavy atom. The largest absolute Gasteiger partial charge is 0.417 e. The zero-order chi connectivity index (χ0) is 22.5. The number of hydrogen-bond acceptors (Lipinski definition) is 4. The minimum Gasteiger partial charge on any atom is -0.282 e. The maximum Gasteiger partial charge on any atom is 0.417 e. The molecule has 7 heteroatoms. The van der Waals surface area contributed by atoms with Gasteiger partial charge in [0.25, 0.3) is 0 Å². The van der Waals surface area contributed by atoms with Crippen LogP contribution in [-0.2, 0) is 15.8 Å². The number of thioether (sulfide) groups is 2. The van der Waals surface area contributed by atoms with Gasteiger partial charge in [0.05, 0.1) is 5.56 Å². The summed E-state index contributed by atoms with van der Waals surface area (Å²) in [7, 11) is 0. The molecule has 0 heterocycles. The minimum absolute atomic E-state index is 0.160. The summed E-state index contributed by atoms with van der Waals surface area (Å²) in [5, 5.41) is -0.559. The first-order valence-electron chi connectivity index (χ1n) is 8.56. The SMILES string of the molecule is C=C(C)C(=O)Sc1ccc(C#Cc2ccc(SC(=O)C(=C)C)cc2C(F)(F)F)cc1. The Kier molecular flexibility index (Phi) is 7.77. The van der Waals surface area contributed by atoms with E-state index in [1.165, 1.54) is 19.1 Å². The quantitative estimate of drug-likeness (QED) is 0.305. The molecular formula is C23H17F3O2S2. The summed E-state index contributed by atoms with van der Waals surface area (Å²) in [4.78, 5) is 24.3. The molecule has 0 aliphatic heterocycles. The molecule has 0 bridgehead atoms. The second kappa shape index (κ2) is 9.88. The van der Waals surface area contributed by atoms with E-state index in [1.54, 1.807) is 31.2 Å². The van der Waals surface area contributed by atoms with E-state index >= 15 is 0 Å². The highest BCUT2D eigenvalue weighted by atomic mass is 32.2. The molecule has 30 heavy (non-hydrogen) atoms. The van der Waals surface area contributed by atoms with Gasteiger partial charge in [-0.2, -0.15) is 13.2 Å². The second-order valence-corrected chi connectivity index (χ2v) is 8.41. The van der Waals surface area contributed by atoms with E-state index in [1.807, 2.05) is 0 Å². The van der Waals surface area contributed by atoms with E-state index in [4.69, 9.17) is 0 Å². The molecular weight excluding hydrogens is 429 g/mol. The summed E-state index contributed by atoms with van der Waals surface area (Å²) in [6, 6.07) is 10.2. The second-order valence-electron chi connectivity index (χ2n) is 6.32. The number of carbonyl (C=O) groups excluding carboxylic acids is 2. The highest BCUT2D eigenvalue weighted by Gasteiger charge is 2.33. The van der Waals surface area contributed by atoms with Gasteiger partial charge in [0.15, 0.2) is 0 Å². The zero-order valence-corrected chi connectivity index (χ0v) is 17.9. The lowest BCUT2D eigenvalue weighted by Gasteiger charge is -2.11. The van der Waals surface area contributed by atoms with Gasteiger partial charge in [-0.3, -0.25) is 9.59 Å². The standard InChI is InChI=1S/C23H17F3O2S2/c1-14(2)21(27)29-18-10-6-16(7-11-18)5-8-17-9-12-19(30-22(28)15(3)4)13-20(17)23(24,25)26/h6-7,9-13H,1,3H2,2,4H3. The first-order valence-corrected chi connectivity index (χ1v) is 10.2. The van der Waals surface area contributed by atoms with Crippen molar-refractivity contribution in [1.82, 2.24) is 0 Å². The third-order valence-corrected chi connectivity index (χ3v) is 5.68. The minimum atomic E-state index is -4.61. The van der Waals surface area contributed by atoms with Crippen molar-refractivity contribution in [3.05, 3.63) is 83.5 Å². The van der Waals surface area contributed by atoms with Gasteiger partial charge in [-0.15, -0.1) is 0 Å². The molecule has 0 amide bonds. The Morgan fingerprint density at radius 1 is 0.833 bits per heavy atom. The number of hydrogen-bond donors (Lipinski definition) is 0. The lowest BCUT2D eigenvalue weighted by atomic mass is 10.1. The number of benzene rings is 2. The Balaban J connectivity index is 2.29. The van der Waals surface area contributed by atoms with Crippen LogP contribution in [0.4, 0.5) is 13.2 Å². The van der Waals surface area contributed by atoms with E-state index in [-0.39, 0.29) is 21.1 Å². The van der Waals surface area contributed by atoms with Crippen LogP contribution in [0.3, 0.4) is 0 Å². The molecule has 0 unspecified atom stereocenters. The summed E-state index contributed by atoms with van der Waals surface area (Å²) in [6.45, 7) is 10.2. The number of rotatable bonds is 4. The van der Waals surface area contributed by atoms with E-state index in [0.717, 1.165) is 17.8 Å². The molecule has 0 aliphatic carbocycles. The fourth-order valence-electron chi connectivity index (χ4n) is 2.06. The average Bonchev–Trinajstić information content (AvgIpc) is 2.67. The Bertz CT molecular complexity index is 1070. The van der Waals surface area contributed by atoms with Gasteiger partial charge in [0.2, 0.25) is 10.2 Å². The Hall–Kier alpha value is -2.69. The van der Waals surface area contributed by atoms with Crippen LogP contribution in [-0.4, -0.2) is 10.2 Å². The van der Waals surface area contributed by atoms with Crippen LogP contribution in [0.2, 0.25) is 0 Å². The molecule has 0 fully saturated rings. The molecule has 2 aromatic rings. The highest BCUT2D eigenvalue weighted by molar-refractivity contribution is 8.14. The Morgan fingerprint density at radius 3 is 1.83 bits per heavy atom. The fraction of sp³-hybridized carbons (Fsp3) is 0.130. The van der Waals surface area contributed by atoms with Crippen LogP contribution in [0.15, 0.2) is 76.6 Å². The molecule has 0 saturated carbocycles. The van der Waals surface area contributed by atoms with Crippen molar-refractivity contribution < 1.29 is 22.8 Å². The fourth-order valence-corrected chi connectivity index (χ4v) is 3.43. The third kappa shape index (κ3) is 6.68. The molecule has 2 aromatic carbocycles. The lowest BCUT2D eigenvalue weighted by Crippen LogP contribution is -2.08. The summed E-state index contributed by atoms with van der Waals surface area (Å²) in [6.07, 6.45) is -4.61. The van der Waals surface area contributed by atoms with Crippen LogP contribution in [0.25, 0.3) is 0 Å². The first-order chi connectivity index (χ1) is 14.0. The van der Waals surface area contributed by atoms with Crippen LogP contribution in [0, 0.1) is 11.8 Å². The van der Waals surface area contributed by atoms with Crippen molar-refractivity contribution in [2.75, 3.05) is 0 Å². The van der Waals surface area contributed by atoms with Crippen LogP contribution < -0.4 is 0 Å². The van der Waals surface area contributed by atoms with Crippen molar-refractivity contribution in [3.63, 3.8) is 0 Å². The third-order valence-electron chi connectivity index (χ3n) is 3.61. The predicted octanol–water partition coefficient (Wildman–Crippen LogP) is 6.49. The average molecular weight is 447 g/mol. The van der Waals surface area contributed by atoms with Gasteiger partial charge in [-0.05, 0) is 91.0 Å². The molecule has 0 aromatic heterocycles. The van der Waals surface area contributed by atoms with Crippen LogP contribution >= 0.6 is 23.5 Å². The van der Waals surface area contributed by atoms with E-state index in [9.17, 15) is 22.8 Å². The van der Waals surface area contributed by atoms with Gasteiger partial charge in [-0.1, -0.05) is 25.0 Å². The molecule has 154 valence electrons. The molecule has 0 saturated heterocycles. The van der Waals surface area contributed by atoms with Crippen LogP contribution in [0.1, 0.15) is 30.5 Å². The van der Waals surface area contributed by atoms with E-state index in [2.05, 4.69) is 25.0 Å². The Labute approximate surface area is 181 Å². The number of alkyl halides is 3. The molecule has 0 spiro atoms. The summed E-state index contributed by atoms with van der Waals surface area (Å²) in [5.41, 5.74) is 0.0875. The molecule has 2 nitrogen and oxygen atoms in total. The van der Waals surface area contributed by atoms with E-state index in [0.29, 0.717) is 27.8 Å². The van der Waals surface area contributed by atoms with Crippen molar-refractivity contribution in [2.24, 2.45) is 0 Å². The summed E-state index contributed by atoms with van der Waals surface area (Å²) in [5.74, 6) is 5.25. The van der Waals surface area contributed by atoms with Crippen molar-refractivity contribution in [2.45, 2.75) is 29.8 Å². The zero-order valence-electron chi connectivity index (χ0n) is 16.2. The predicted molar refractivity (Wildman–Crippen MR) is 115 cm³/mol. The van der Waals surface area contributed by atoms with Crippen LogP contribution in [0.5, 0.6) is 0 Å². The number of carbonyl (C=O) groups is 2. The molecule has 0 atom stereocenters.